The zero-order chi connectivity index (χ0) is 9.40. The fourth-order valence-corrected chi connectivity index (χ4v) is 1.59. The largest absolute Gasteiger partial charge is 0.370 e. The smallest absolute Gasteiger partial charge is 0.218 e. The summed E-state index contributed by atoms with van der Waals surface area (Å²) in [7, 11) is 0. The van der Waals surface area contributed by atoms with Crippen LogP contribution in [0.5, 0.6) is 0 Å². The van der Waals surface area contributed by atoms with Gasteiger partial charge in [0.05, 0.1) is 0 Å². The first-order chi connectivity index (χ1) is 5.66. The predicted octanol–water partition coefficient (Wildman–Crippen LogP) is 0.450. The lowest BCUT2D eigenvalue weighted by Crippen LogP contribution is -2.26. The van der Waals surface area contributed by atoms with E-state index >= 15 is 0 Å². The summed E-state index contributed by atoms with van der Waals surface area (Å²) in [6.07, 6.45) is 2.53. The molecule has 1 atom stereocenters. The van der Waals surface area contributed by atoms with Crippen LogP contribution in [0, 0.1) is 5.92 Å². The van der Waals surface area contributed by atoms with Crippen LogP contribution >= 0.6 is 11.8 Å². The van der Waals surface area contributed by atoms with Crippen LogP contribution in [0.1, 0.15) is 13.3 Å². The molecule has 4 heteroatoms. The van der Waals surface area contributed by atoms with Gasteiger partial charge in [-0.2, -0.15) is 11.8 Å². The second-order valence-electron chi connectivity index (χ2n) is 2.98. The highest BCUT2D eigenvalue weighted by Crippen LogP contribution is 2.02. The number of nitrogens with one attached hydrogen (secondary N) is 1. The summed E-state index contributed by atoms with van der Waals surface area (Å²) in [6.45, 7) is 3.86. The van der Waals surface area contributed by atoms with Crippen LogP contribution < -0.4 is 11.1 Å². The zero-order valence-electron chi connectivity index (χ0n) is 7.80. The van der Waals surface area contributed by atoms with Gasteiger partial charge in [-0.05, 0) is 24.5 Å². The highest BCUT2D eigenvalue weighted by molar-refractivity contribution is 7.98. The molecular formula is C8H18N2OS. The van der Waals surface area contributed by atoms with E-state index in [-0.39, 0.29) is 5.91 Å². The van der Waals surface area contributed by atoms with Crippen LogP contribution in [0.25, 0.3) is 0 Å². The standard InChI is InChI=1S/C8H18N2OS/c1-7(6-12-2)5-10-4-3-8(9)11/h7,10H,3-6H2,1-2H3,(H2,9,11). The average molecular weight is 190 g/mol. The summed E-state index contributed by atoms with van der Waals surface area (Å²) >= 11 is 1.84. The summed E-state index contributed by atoms with van der Waals surface area (Å²) in [4.78, 5) is 10.3. The fraction of sp³-hybridized carbons (Fsp3) is 0.875. The first-order valence-electron chi connectivity index (χ1n) is 4.14. The predicted molar refractivity (Wildman–Crippen MR) is 54.2 cm³/mol. The van der Waals surface area contributed by atoms with Crippen molar-refractivity contribution >= 4 is 17.7 Å². The maximum atomic E-state index is 10.3. The summed E-state index contributed by atoms with van der Waals surface area (Å²) in [5.74, 6) is 1.58. The second-order valence-corrected chi connectivity index (χ2v) is 3.89. The average Bonchev–Trinajstić information content (AvgIpc) is 1.98. The van der Waals surface area contributed by atoms with Crippen molar-refractivity contribution in [3.63, 3.8) is 0 Å². The minimum Gasteiger partial charge on any atom is -0.370 e. The molecule has 0 spiro atoms. The lowest BCUT2D eigenvalue weighted by molar-refractivity contribution is -0.117. The van der Waals surface area contributed by atoms with Crippen molar-refractivity contribution in [2.45, 2.75) is 13.3 Å². The number of nitrogens with two attached hydrogens (primary N) is 1. The molecule has 1 amide bonds. The van der Waals surface area contributed by atoms with Crippen molar-refractivity contribution in [3.8, 4) is 0 Å². The van der Waals surface area contributed by atoms with Crippen molar-refractivity contribution in [1.29, 1.82) is 0 Å². The molecule has 0 aromatic carbocycles. The van der Waals surface area contributed by atoms with Gasteiger partial charge < -0.3 is 11.1 Å². The Morgan fingerprint density at radius 2 is 2.33 bits per heavy atom. The van der Waals surface area contributed by atoms with Crippen LogP contribution in [0.2, 0.25) is 0 Å². The van der Waals surface area contributed by atoms with E-state index in [0.717, 1.165) is 12.3 Å². The molecule has 0 aliphatic carbocycles. The van der Waals surface area contributed by atoms with E-state index in [4.69, 9.17) is 5.73 Å². The Morgan fingerprint density at radius 3 is 2.83 bits per heavy atom. The van der Waals surface area contributed by atoms with Crippen molar-refractivity contribution in [2.24, 2.45) is 11.7 Å². The van der Waals surface area contributed by atoms with Gasteiger partial charge >= 0.3 is 0 Å². The lowest BCUT2D eigenvalue weighted by Gasteiger charge is -2.09. The number of hydrogen-bond donors (Lipinski definition) is 2. The third-order valence-corrected chi connectivity index (χ3v) is 2.39. The topological polar surface area (TPSA) is 55.1 Å². The van der Waals surface area contributed by atoms with E-state index in [1.54, 1.807) is 0 Å². The summed E-state index contributed by atoms with van der Waals surface area (Å²) in [6, 6.07) is 0. The zero-order valence-corrected chi connectivity index (χ0v) is 8.62. The molecule has 0 aromatic heterocycles. The molecular weight excluding hydrogens is 172 g/mol. The molecule has 0 aliphatic rings. The molecule has 3 N–H and O–H groups in total. The third-order valence-electron chi connectivity index (χ3n) is 1.49. The molecule has 72 valence electrons. The Labute approximate surface area is 78.5 Å². The first kappa shape index (κ1) is 11.8. The summed E-state index contributed by atoms with van der Waals surface area (Å²) < 4.78 is 0. The fourth-order valence-electron chi connectivity index (χ4n) is 0.903. The quantitative estimate of drug-likeness (QED) is 0.573. The molecule has 0 heterocycles. The monoisotopic (exact) mass is 190 g/mol. The molecule has 12 heavy (non-hydrogen) atoms. The van der Waals surface area contributed by atoms with Crippen LogP contribution in [-0.4, -0.2) is 31.0 Å². The van der Waals surface area contributed by atoms with Gasteiger partial charge in [-0.1, -0.05) is 6.92 Å². The molecule has 0 fully saturated rings. The molecule has 1 unspecified atom stereocenters. The second kappa shape index (κ2) is 7.43. The molecule has 0 saturated heterocycles. The molecule has 0 radical (unpaired) electrons. The van der Waals surface area contributed by atoms with Gasteiger partial charge in [0, 0.05) is 13.0 Å². The molecule has 3 nitrogen and oxygen atoms in total. The van der Waals surface area contributed by atoms with Crippen molar-refractivity contribution in [3.05, 3.63) is 0 Å². The van der Waals surface area contributed by atoms with Crippen LogP contribution in [0.15, 0.2) is 0 Å². The Kier molecular flexibility index (Phi) is 7.29. The lowest BCUT2D eigenvalue weighted by atomic mass is 10.2. The maximum absolute atomic E-state index is 10.3. The SMILES string of the molecule is CSCC(C)CNCCC(N)=O. The summed E-state index contributed by atoms with van der Waals surface area (Å²) in [5.41, 5.74) is 4.98. The van der Waals surface area contributed by atoms with Crippen LogP contribution in [-0.2, 0) is 4.79 Å². The van der Waals surface area contributed by atoms with Crippen molar-refractivity contribution < 1.29 is 4.79 Å². The van der Waals surface area contributed by atoms with E-state index < -0.39 is 0 Å². The number of primary amides is 1. The molecule has 0 saturated carbocycles. The Balaban J connectivity index is 3.13. The minimum atomic E-state index is -0.236. The van der Waals surface area contributed by atoms with Gasteiger partial charge in [-0.25, -0.2) is 0 Å². The van der Waals surface area contributed by atoms with Gasteiger partial charge in [-0.15, -0.1) is 0 Å². The third kappa shape index (κ3) is 7.88. The molecule has 0 aromatic rings. The Morgan fingerprint density at radius 1 is 1.67 bits per heavy atom. The van der Waals surface area contributed by atoms with E-state index in [1.807, 2.05) is 11.8 Å². The van der Waals surface area contributed by atoms with E-state index in [1.165, 1.54) is 0 Å². The van der Waals surface area contributed by atoms with Gasteiger partial charge in [0.25, 0.3) is 0 Å². The van der Waals surface area contributed by atoms with E-state index in [9.17, 15) is 4.79 Å². The highest BCUT2D eigenvalue weighted by atomic mass is 32.2. The Hall–Kier alpha value is -0.220. The highest BCUT2D eigenvalue weighted by Gasteiger charge is 2.00. The summed E-state index contributed by atoms with van der Waals surface area (Å²) in [5, 5.41) is 3.19. The number of hydrogen-bond acceptors (Lipinski definition) is 3. The van der Waals surface area contributed by atoms with Crippen LogP contribution in [0.4, 0.5) is 0 Å². The van der Waals surface area contributed by atoms with Crippen molar-refractivity contribution in [2.75, 3.05) is 25.1 Å². The first-order valence-corrected chi connectivity index (χ1v) is 5.54. The normalized spacial score (nSPS) is 12.8. The van der Waals surface area contributed by atoms with Gasteiger partial charge in [-0.3, -0.25) is 4.79 Å². The van der Waals surface area contributed by atoms with Gasteiger partial charge in [0.2, 0.25) is 5.91 Å². The van der Waals surface area contributed by atoms with Crippen LogP contribution in [0.3, 0.4) is 0 Å². The maximum Gasteiger partial charge on any atom is 0.218 e. The molecule has 0 aliphatic heterocycles. The van der Waals surface area contributed by atoms with Crippen molar-refractivity contribution in [1.82, 2.24) is 5.32 Å². The minimum absolute atomic E-state index is 0.236. The Bertz CT molecular complexity index is 130. The number of carbonyl (C=O) groups is 1. The number of rotatable bonds is 7. The molecule has 0 rings (SSSR count). The number of thioether (sulfide) groups is 1. The van der Waals surface area contributed by atoms with Gasteiger partial charge in [0.1, 0.15) is 0 Å². The van der Waals surface area contributed by atoms with E-state index in [2.05, 4.69) is 18.5 Å². The van der Waals surface area contributed by atoms with Gasteiger partial charge in [0.15, 0.2) is 0 Å². The molecule has 0 bridgehead atoms. The van der Waals surface area contributed by atoms with E-state index in [0.29, 0.717) is 18.9 Å². The number of amides is 1. The number of carbonyl (C=O) groups excluding carboxylic acids is 1.